The summed E-state index contributed by atoms with van der Waals surface area (Å²) in [5.41, 5.74) is 2.18. The number of hydrogen-bond acceptors (Lipinski definition) is 4. The van der Waals surface area contributed by atoms with Gasteiger partial charge in [-0.1, -0.05) is 0 Å². The quantitative estimate of drug-likeness (QED) is 0.905. The lowest BCUT2D eigenvalue weighted by Gasteiger charge is -2.29. The highest BCUT2D eigenvalue weighted by Gasteiger charge is 2.33. The molecule has 1 aliphatic rings. The number of benzene rings is 1. The molecule has 1 aromatic carbocycles. The van der Waals surface area contributed by atoms with Crippen molar-refractivity contribution in [2.45, 2.75) is 25.3 Å². The highest BCUT2D eigenvalue weighted by atomic mass is 16.5. The van der Waals surface area contributed by atoms with Crippen LogP contribution in [0.5, 0.6) is 11.5 Å². The van der Waals surface area contributed by atoms with Crippen LogP contribution in [0.25, 0.3) is 0 Å². The van der Waals surface area contributed by atoms with E-state index in [4.69, 9.17) is 9.47 Å². The normalized spacial score (nSPS) is 22.4. The molecule has 1 heterocycles. The molecule has 19 heavy (non-hydrogen) atoms. The summed E-state index contributed by atoms with van der Waals surface area (Å²) in [5, 5.41) is 3.57. The standard InChI is InChI=1S/C15H24N2O2/c1-15(7-6-8-16-15)11-9-14(19-5)12(17(2)3)10-13(11)18-4/h9-10,16H,6-8H2,1-5H3. The summed E-state index contributed by atoms with van der Waals surface area (Å²) < 4.78 is 11.1. The smallest absolute Gasteiger partial charge is 0.142 e. The van der Waals surface area contributed by atoms with E-state index in [0.717, 1.165) is 30.2 Å². The molecule has 0 spiro atoms. The van der Waals surface area contributed by atoms with Crippen LogP contribution < -0.4 is 19.7 Å². The van der Waals surface area contributed by atoms with Crippen LogP contribution in [0, 0.1) is 0 Å². The first-order chi connectivity index (χ1) is 9.01. The molecule has 106 valence electrons. The molecule has 1 atom stereocenters. The van der Waals surface area contributed by atoms with Crippen LogP contribution in [-0.4, -0.2) is 34.9 Å². The summed E-state index contributed by atoms with van der Waals surface area (Å²) >= 11 is 0. The predicted octanol–water partition coefficient (Wildman–Crippen LogP) is 2.37. The number of hydrogen-bond donors (Lipinski definition) is 1. The van der Waals surface area contributed by atoms with Crippen LogP contribution in [0.4, 0.5) is 5.69 Å². The maximum Gasteiger partial charge on any atom is 0.142 e. The van der Waals surface area contributed by atoms with E-state index >= 15 is 0 Å². The van der Waals surface area contributed by atoms with Crippen molar-refractivity contribution in [1.82, 2.24) is 5.32 Å². The Kier molecular flexibility index (Phi) is 3.90. The molecule has 0 radical (unpaired) electrons. The fourth-order valence-corrected chi connectivity index (χ4v) is 2.79. The molecule has 0 bridgehead atoms. The maximum absolute atomic E-state index is 5.59. The first-order valence-corrected chi connectivity index (χ1v) is 6.70. The largest absolute Gasteiger partial charge is 0.496 e. The van der Waals surface area contributed by atoms with E-state index in [1.165, 1.54) is 12.0 Å². The molecular weight excluding hydrogens is 240 g/mol. The van der Waals surface area contributed by atoms with Gasteiger partial charge in [-0.2, -0.15) is 0 Å². The fourth-order valence-electron chi connectivity index (χ4n) is 2.79. The lowest BCUT2D eigenvalue weighted by atomic mass is 9.89. The molecule has 1 fully saturated rings. The zero-order valence-electron chi connectivity index (χ0n) is 12.5. The van der Waals surface area contributed by atoms with Crippen LogP contribution in [0.1, 0.15) is 25.3 Å². The van der Waals surface area contributed by atoms with Crippen LogP contribution in [0.2, 0.25) is 0 Å². The van der Waals surface area contributed by atoms with Gasteiger partial charge in [0.25, 0.3) is 0 Å². The summed E-state index contributed by atoms with van der Waals surface area (Å²) in [4.78, 5) is 2.04. The van der Waals surface area contributed by atoms with Crippen molar-refractivity contribution >= 4 is 5.69 Å². The van der Waals surface area contributed by atoms with Gasteiger partial charge in [0.1, 0.15) is 11.5 Å². The summed E-state index contributed by atoms with van der Waals surface area (Å²) in [7, 11) is 7.45. The summed E-state index contributed by atoms with van der Waals surface area (Å²) in [6.07, 6.45) is 2.31. The van der Waals surface area contributed by atoms with Gasteiger partial charge in [-0.15, -0.1) is 0 Å². The van der Waals surface area contributed by atoms with E-state index in [1.807, 2.05) is 19.0 Å². The second-order valence-electron chi connectivity index (χ2n) is 5.48. The van der Waals surface area contributed by atoms with Crippen molar-refractivity contribution in [3.63, 3.8) is 0 Å². The van der Waals surface area contributed by atoms with Crippen molar-refractivity contribution in [1.29, 1.82) is 0 Å². The van der Waals surface area contributed by atoms with Gasteiger partial charge < -0.3 is 19.7 Å². The number of ether oxygens (including phenoxy) is 2. The molecule has 1 aromatic rings. The van der Waals surface area contributed by atoms with E-state index < -0.39 is 0 Å². The van der Waals surface area contributed by atoms with E-state index in [0.29, 0.717) is 0 Å². The Hall–Kier alpha value is -1.42. The summed E-state index contributed by atoms with van der Waals surface area (Å²) in [5.74, 6) is 1.80. The Bertz CT molecular complexity index is 452. The minimum atomic E-state index is -0.0243. The molecule has 0 amide bonds. The lowest BCUT2D eigenvalue weighted by molar-refractivity contribution is 0.364. The van der Waals surface area contributed by atoms with Crippen molar-refractivity contribution in [2.75, 3.05) is 39.8 Å². The van der Waals surface area contributed by atoms with Gasteiger partial charge in [-0.05, 0) is 32.4 Å². The second-order valence-corrected chi connectivity index (χ2v) is 5.48. The first kappa shape index (κ1) is 14.0. The van der Waals surface area contributed by atoms with E-state index in [1.54, 1.807) is 14.2 Å². The molecule has 0 saturated carbocycles. The zero-order valence-corrected chi connectivity index (χ0v) is 12.5. The number of nitrogens with zero attached hydrogens (tertiary/aromatic N) is 1. The van der Waals surface area contributed by atoms with E-state index in [2.05, 4.69) is 24.4 Å². The Morgan fingerprint density at radius 2 is 1.84 bits per heavy atom. The molecule has 0 aliphatic carbocycles. The lowest BCUT2D eigenvalue weighted by Crippen LogP contribution is -2.33. The van der Waals surface area contributed by atoms with Gasteiger partial charge in [0.15, 0.2) is 0 Å². The van der Waals surface area contributed by atoms with Crippen molar-refractivity contribution in [2.24, 2.45) is 0 Å². The number of anilines is 1. The topological polar surface area (TPSA) is 33.7 Å². The molecule has 4 heteroatoms. The molecule has 4 nitrogen and oxygen atoms in total. The number of rotatable bonds is 4. The van der Waals surface area contributed by atoms with Crippen molar-refractivity contribution in [3.05, 3.63) is 17.7 Å². The van der Waals surface area contributed by atoms with Crippen LogP contribution >= 0.6 is 0 Å². The zero-order chi connectivity index (χ0) is 14.0. The van der Waals surface area contributed by atoms with E-state index in [-0.39, 0.29) is 5.54 Å². The fraction of sp³-hybridized carbons (Fsp3) is 0.600. The van der Waals surface area contributed by atoms with Crippen molar-refractivity contribution < 1.29 is 9.47 Å². The molecule has 1 saturated heterocycles. The minimum Gasteiger partial charge on any atom is -0.496 e. The van der Waals surface area contributed by atoms with E-state index in [9.17, 15) is 0 Å². The highest BCUT2D eigenvalue weighted by Crippen LogP contribution is 2.42. The summed E-state index contributed by atoms with van der Waals surface area (Å²) in [6.45, 7) is 3.28. The third kappa shape index (κ3) is 2.50. The molecule has 1 aliphatic heterocycles. The number of nitrogens with one attached hydrogen (secondary N) is 1. The molecule has 1 N–H and O–H groups in total. The van der Waals surface area contributed by atoms with Gasteiger partial charge in [0, 0.05) is 31.3 Å². The van der Waals surface area contributed by atoms with Gasteiger partial charge in [0.05, 0.1) is 19.9 Å². The predicted molar refractivity (Wildman–Crippen MR) is 78.5 cm³/mol. The molecule has 1 unspecified atom stereocenters. The van der Waals surface area contributed by atoms with Gasteiger partial charge in [-0.3, -0.25) is 0 Å². The van der Waals surface area contributed by atoms with Gasteiger partial charge in [-0.25, -0.2) is 0 Å². The third-order valence-corrected chi connectivity index (χ3v) is 3.95. The Morgan fingerprint density at radius 1 is 1.16 bits per heavy atom. The van der Waals surface area contributed by atoms with Gasteiger partial charge >= 0.3 is 0 Å². The molecular formula is C15H24N2O2. The van der Waals surface area contributed by atoms with Crippen LogP contribution in [0.3, 0.4) is 0 Å². The first-order valence-electron chi connectivity index (χ1n) is 6.70. The average Bonchev–Trinajstić information content (AvgIpc) is 2.85. The third-order valence-electron chi connectivity index (χ3n) is 3.95. The van der Waals surface area contributed by atoms with Gasteiger partial charge in [0.2, 0.25) is 0 Å². The summed E-state index contributed by atoms with van der Waals surface area (Å²) in [6, 6.07) is 4.16. The van der Waals surface area contributed by atoms with Crippen molar-refractivity contribution in [3.8, 4) is 11.5 Å². The highest BCUT2D eigenvalue weighted by molar-refractivity contribution is 5.64. The SMILES string of the molecule is COc1cc(C2(C)CCCN2)c(OC)cc1N(C)C. The van der Waals surface area contributed by atoms with Crippen LogP contribution in [0.15, 0.2) is 12.1 Å². The Morgan fingerprint density at radius 3 is 2.32 bits per heavy atom. The Labute approximate surface area is 115 Å². The molecule has 2 rings (SSSR count). The minimum absolute atomic E-state index is 0.0243. The monoisotopic (exact) mass is 264 g/mol. The molecule has 0 aromatic heterocycles. The Balaban J connectivity index is 2.54. The van der Waals surface area contributed by atoms with Crippen LogP contribution in [-0.2, 0) is 5.54 Å². The maximum atomic E-state index is 5.59. The number of methoxy groups -OCH3 is 2. The second kappa shape index (κ2) is 5.29. The average molecular weight is 264 g/mol.